The van der Waals surface area contributed by atoms with Gasteiger partial charge in [0.2, 0.25) is 5.36 Å². The molecule has 0 bridgehead atoms. The second-order valence-electron chi connectivity index (χ2n) is 16.2. The van der Waals surface area contributed by atoms with Crippen molar-refractivity contribution in [1.29, 1.82) is 0 Å². The Labute approximate surface area is 402 Å². The van der Waals surface area contributed by atoms with Crippen LogP contribution in [0.1, 0.15) is 39.0 Å². The van der Waals surface area contributed by atoms with E-state index in [4.69, 9.17) is 56.9 Å². The SMILES string of the molecule is CCN(CCCC(=O)CCCOCCOCCOCCOCCOCCOCCOCCOCCC(=O)O)c1cc(OC)c(-c2c3ccc(=[N+](C)C)cc-3oc3cc(N(C)C)ccc23)cc1OC. The van der Waals surface area contributed by atoms with Gasteiger partial charge in [-0.2, -0.15) is 0 Å². The Bertz CT molecular complexity index is 2120. The summed E-state index contributed by atoms with van der Waals surface area (Å²) in [6.07, 6.45) is 2.33. The van der Waals surface area contributed by atoms with Crippen LogP contribution in [0.4, 0.5) is 11.4 Å². The lowest BCUT2D eigenvalue weighted by Crippen LogP contribution is -2.25. The summed E-state index contributed by atoms with van der Waals surface area (Å²) in [6, 6.07) is 16.7. The van der Waals surface area contributed by atoms with Crippen molar-refractivity contribution in [3.05, 3.63) is 53.9 Å². The van der Waals surface area contributed by atoms with E-state index in [2.05, 4.69) is 63.8 Å². The number of hydrogen-bond donors (Lipinski definition) is 1. The van der Waals surface area contributed by atoms with Gasteiger partial charge in [-0.05, 0) is 44.0 Å². The average Bonchev–Trinajstić information content (AvgIpc) is 3.33. The number of methoxy groups -OCH3 is 2. The summed E-state index contributed by atoms with van der Waals surface area (Å²) in [5, 5.41) is 10.5. The quantitative estimate of drug-likeness (QED) is 0.0321. The van der Waals surface area contributed by atoms with Crippen molar-refractivity contribution in [1.82, 2.24) is 4.58 Å². The molecular formula is C51H76N3O14+. The molecule has 1 aliphatic carbocycles. The second kappa shape index (κ2) is 32.1. The molecule has 4 rings (SSSR count). The smallest absolute Gasteiger partial charge is 0.305 e. The molecule has 1 aliphatic heterocycles. The Balaban J connectivity index is 1.07. The molecule has 0 fully saturated rings. The third kappa shape index (κ3) is 19.3. The molecule has 2 aromatic carbocycles. The van der Waals surface area contributed by atoms with Gasteiger partial charge in [0.15, 0.2) is 0 Å². The summed E-state index contributed by atoms with van der Waals surface area (Å²) in [7, 11) is 11.5. The Morgan fingerprint density at radius 3 is 1.63 bits per heavy atom. The van der Waals surface area contributed by atoms with Gasteiger partial charge in [-0.25, -0.2) is 4.58 Å². The van der Waals surface area contributed by atoms with E-state index < -0.39 is 5.97 Å². The van der Waals surface area contributed by atoms with Gasteiger partial charge in [-0.1, -0.05) is 0 Å². The molecule has 0 saturated carbocycles. The lowest BCUT2D eigenvalue weighted by atomic mass is 9.92. The number of carbonyl (C=O) groups is 2. The molecule has 2 aliphatic rings. The number of carbonyl (C=O) groups excluding carboxylic acids is 1. The summed E-state index contributed by atoms with van der Waals surface area (Å²) in [4.78, 5) is 27.5. The normalized spacial score (nSPS) is 11.4. The van der Waals surface area contributed by atoms with Crippen molar-refractivity contribution in [3.63, 3.8) is 0 Å². The van der Waals surface area contributed by atoms with Crippen LogP contribution in [0, 0.1) is 0 Å². The lowest BCUT2D eigenvalue weighted by Gasteiger charge is -2.27. The van der Waals surface area contributed by atoms with Gasteiger partial charge in [0.1, 0.15) is 42.7 Å². The molecule has 0 unspecified atom stereocenters. The van der Waals surface area contributed by atoms with E-state index in [1.165, 1.54) is 0 Å². The topological polar surface area (TPSA) is 169 Å². The number of nitrogens with zero attached hydrogens (tertiary/aromatic N) is 3. The largest absolute Gasteiger partial charge is 0.496 e. The fourth-order valence-electron chi connectivity index (χ4n) is 7.25. The lowest BCUT2D eigenvalue weighted by molar-refractivity contribution is -0.138. The van der Waals surface area contributed by atoms with E-state index in [9.17, 15) is 9.59 Å². The molecule has 0 amide bonds. The Hall–Kier alpha value is -4.85. The number of aliphatic carboxylic acids is 1. The van der Waals surface area contributed by atoms with Gasteiger partial charge in [0, 0.05) is 92.6 Å². The summed E-state index contributed by atoms with van der Waals surface area (Å²) in [5.74, 6) is 1.55. The summed E-state index contributed by atoms with van der Waals surface area (Å²) < 4.78 is 64.5. The molecule has 2 aromatic rings. The number of benzene rings is 3. The maximum Gasteiger partial charge on any atom is 0.305 e. The molecule has 17 nitrogen and oxygen atoms in total. The third-order valence-corrected chi connectivity index (χ3v) is 10.9. The number of ketones is 1. The number of Topliss-reactive ketones (excluding diaryl/α,β-unsaturated/α-hetero) is 1. The molecule has 0 atom stereocenters. The summed E-state index contributed by atoms with van der Waals surface area (Å²) >= 11 is 0. The molecule has 1 heterocycles. The molecule has 1 N–H and O–H groups in total. The van der Waals surface area contributed by atoms with E-state index in [1.807, 2.05) is 34.3 Å². The highest BCUT2D eigenvalue weighted by Gasteiger charge is 2.24. The van der Waals surface area contributed by atoms with Crippen LogP contribution in [0.5, 0.6) is 11.5 Å². The third-order valence-electron chi connectivity index (χ3n) is 10.9. The first-order valence-electron chi connectivity index (χ1n) is 23.6. The number of fused-ring (bicyclic) bond motifs is 2. The van der Waals surface area contributed by atoms with E-state index >= 15 is 0 Å². The monoisotopic (exact) mass is 955 g/mol. The predicted molar refractivity (Wildman–Crippen MR) is 263 cm³/mol. The molecule has 0 aromatic heterocycles. The average molecular weight is 955 g/mol. The fraction of sp³-hybridized carbons (Fsp3) is 0.588. The van der Waals surface area contributed by atoms with Crippen molar-refractivity contribution < 1.29 is 66.5 Å². The molecule has 0 spiro atoms. The number of ether oxygens (including phenoxy) is 10. The van der Waals surface area contributed by atoms with Crippen molar-refractivity contribution in [2.24, 2.45) is 0 Å². The van der Waals surface area contributed by atoms with Crippen LogP contribution in [-0.4, -0.2) is 178 Å². The fourth-order valence-corrected chi connectivity index (χ4v) is 7.25. The first-order chi connectivity index (χ1) is 33.1. The van der Waals surface area contributed by atoms with Gasteiger partial charge in [0.05, 0.1) is 131 Å². The Morgan fingerprint density at radius 2 is 1.13 bits per heavy atom. The summed E-state index contributed by atoms with van der Waals surface area (Å²) in [5.41, 5.74) is 5.59. The molecule has 17 heteroatoms. The minimum atomic E-state index is -0.880. The van der Waals surface area contributed by atoms with Crippen LogP contribution >= 0.6 is 0 Å². The predicted octanol–water partition coefficient (Wildman–Crippen LogP) is 5.88. The summed E-state index contributed by atoms with van der Waals surface area (Å²) in [6.45, 7) is 10.5. The maximum absolute atomic E-state index is 12.8. The second-order valence-corrected chi connectivity index (χ2v) is 16.2. The van der Waals surface area contributed by atoms with Crippen LogP contribution in [0.25, 0.3) is 33.4 Å². The van der Waals surface area contributed by atoms with Crippen LogP contribution in [-0.2, 0) is 47.5 Å². The van der Waals surface area contributed by atoms with Crippen LogP contribution in [0.2, 0.25) is 0 Å². The zero-order valence-corrected chi connectivity index (χ0v) is 41.5. The number of carboxylic acids is 1. The van der Waals surface area contributed by atoms with Gasteiger partial charge in [-0.3, -0.25) is 9.59 Å². The van der Waals surface area contributed by atoms with Crippen molar-refractivity contribution in [2.75, 3.05) is 171 Å². The molecular weight excluding hydrogens is 879 g/mol. The van der Waals surface area contributed by atoms with E-state index in [0.29, 0.717) is 137 Å². The van der Waals surface area contributed by atoms with Crippen molar-refractivity contribution in [2.45, 2.75) is 39.0 Å². The van der Waals surface area contributed by atoms with Gasteiger partial charge >= 0.3 is 5.97 Å². The maximum atomic E-state index is 12.8. The molecule has 378 valence electrons. The van der Waals surface area contributed by atoms with Gasteiger partial charge < -0.3 is 66.7 Å². The number of carboxylic acid groups (broad SMARTS) is 1. The Kier molecular flexibility index (Phi) is 26.3. The van der Waals surface area contributed by atoms with Gasteiger partial charge in [-0.15, -0.1) is 0 Å². The van der Waals surface area contributed by atoms with Crippen LogP contribution in [0.3, 0.4) is 0 Å². The Morgan fingerprint density at radius 1 is 0.603 bits per heavy atom. The van der Waals surface area contributed by atoms with E-state index in [-0.39, 0.29) is 18.8 Å². The minimum Gasteiger partial charge on any atom is -0.496 e. The van der Waals surface area contributed by atoms with E-state index in [0.717, 1.165) is 62.4 Å². The van der Waals surface area contributed by atoms with Crippen LogP contribution < -0.4 is 29.2 Å². The number of rotatable bonds is 38. The van der Waals surface area contributed by atoms with Crippen LogP contribution in [0.15, 0.2) is 52.9 Å². The zero-order chi connectivity index (χ0) is 48.9. The standard InChI is InChI=1S/C51H75N3O14/c1-8-54(45-38-46(58-6)44(37-49(45)59-7)51-42-15-13-39(52(2)3)35-47(42)68-48-36-40(53(4)5)14-16-43(48)51)18-9-11-41(55)12-10-19-60-21-23-62-25-27-64-29-31-66-33-34-67-32-30-65-28-26-63-24-22-61-20-17-50(56)57/h13-16,35-38H,8-12,17-34H2,1-7H3/p+1. The molecule has 0 saturated heterocycles. The first-order valence-corrected chi connectivity index (χ1v) is 23.6. The number of anilines is 2. The van der Waals surface area contributed by atoms with Gasteiger partial charge in [0.25, 0.3) is 0 Å². The van der Waals surface area contributed by atoms with E-state index in [1.54, 1.807) is 14.2 Å². The zero-order valence-electron chi connectivity index (χ0n) is 41.5. The highest BCUT2D eigenvalue weighted by Crippen LogP contribution is 2.47. The molecule has 68 heavy (non-hydrogen) atoms. The minimum absolute atomic E-state index is 0.0108. The van der Waals surface area contributed by atoms with Crippen molar-refractivity contribution in [3.8, 4) is 33.9 Å². The first kappa shape index (κ1) is 55.7. The van der Waals surface area contributed by atoms with Crippen molar-refractivity contribution >= 4 is 34.1 Å². The highest BCUT2D eigenvalue weighted by molar-refractivity contribution is 6.04. The number of hydrogen-bond acceptors (Lipinski definition) is 15. The highest BCUT2D eigenvalue weighted by atomic mass is 16.6. The molecule has 0 radical (unpaired) electrons.